The molecule has 90 valence electrons. The molecular formula is C14H19N3. The van der Waals surface area contributed by atoms with Gasteiger partial charge >= 0.3 is 0 Å². The van der Waals surface area contributed by atoms with E-state index in [1.54, 1.807) is 0 Å². The Bertz CT molecular complexity index is 544. The Morgan fingerprint density at radius 3 is 2.71 bits per heavy atom. The monoisotopic (exact) mass is 229 g/mol. The van der Waals surface area contributed by atoms with Crippen LogP contribution in [-0.2, 0) is 5.41 Å². The summed E-state index contributed by atoms with van der Waals surface area (Å²) in [6.45, 7) is 6.61. The Balaban J connectivity index is 2.16. The lowest BCUT2D eigenvalue weighted by Gasteiger charge is -2.19. The van der Waals surface area contributed by atoms with Crippen molar-refractivity contribution in [1.29, 1.82) is 0 Å². The van der Waals surface area contributed by atoms with Gasteiger partial charge < -0.3 is 5.32 Å². The zero-order valence-electron chi connectivity index (χ0n) is 10.7. The topological polar surface area (TPSA) is 29.3 Å². The van der Waals surface area contributed by atoms with Crippen molar-refractivity contribution in [2.75, 3.05) is 5.32 Å². The fourth-order valence-electron chi connectivity index (χ4n) is 2.13. The standard InChI is InChI=1S/C14H19N3/c1-14(2,3)13-15-9-11-5-4-6-12(17(11)13)16-10-7-8-10/h4-6,9-10,16H,7-8H2,1-3H3. The smallest absolute Gasteiger partial charge is 0.120 e. The molecule has 1 aliphatic rings. The van der Waals surface area contributed by atoms with Crippen LogP contribution >= 0.6 is 0 Å². The average Bonchev–Trinajstić information content (AvgIpc) is 2.94. The number of hydrogen-bond acceptors (Lipinski definition) is 2. The molecule has 0 unspecified atom stereocenters. The van der Waals surface area contributed by atoms with Gasteiger partial charge in [0.25, 0.3) is 0 Å². The predicted molar refractivity (Wildman–Crippen MR) is 70.5 cm³/mol. The third kappa shape index (κ3) is 1.90. The molecule has 1 aliphatic carbocycles. The molecule has 0 radical (unpaired) electrons. The molecule has 3 heteroatoms. The quantitative estimate of drug-likeness (QED) is 0.856. The highest BCUT2D eigenvalue weighted by Crippen LogP contribution is 2.29. The maximum atomic E-state index is 4.58. The lowest BCUT2D eigenvalue weighted by Crippen LogP contribution is -2.18. The molecule has 17 heavy (non-hydrogen) atoms. The maximum absolute atomic E-state index is 4.58. The molecule has 2 aromatic heterocycles. The molecule has 0 aromatic carbocycles. The highest BCUT2D eigenvalue weighted by Gasteiger charge is 2.24. The molecule has 0 amide bonds. The van der Waals surface area contributed by atoms with Crippen LogP contribution in [0.25, 0.3) is 5.52 Å². The van der Waals surface area contributed by atoms with E-state index in [-0.39, 0.29) is 5.41 Å². The van der Waals surface area contributed by atoms with Crippen LogP contribution in [0.5, 0.6) is 0 Å². The van der Waals surface area contributed by atoms with Crippen molar-refractivity contribution in [3.8, 4) is 0 Å². The minimum Gasteiger partial charge on any atom is -0.368 e. The van der Waals surface area contributed by atoms with E-state index in [1.807, 2.05) is 6.20 Å². The highest BCUT2D eigenvalue weighted by atomic mass is 15.1. The number of anilines is 1. The van der Waals surface area contributed by atoms with Crippen molar-refractivity contribution in [1.82, 2.24) is 9.38 Å². The van der Waals surface area contributed by atoms with E-state index in [2.05, 4.69) is 53.7 Å². The van der Waals surface area contributed by atoms with Crippen molar-refractivity contribution >= 4 is 11.3 Å². The second kappa shape index (κ2) is 3.49. The van der Waals surface area contributed by atoms with Crippen LogP contribution in [0.15, 0.2) is 24.4 Å². The Morgan fingerprint density at radius 2 is 2.06 bits per heavy atom. The molecule has 0 atom stereocenters. The van der Waals surface area contributed by atoms with Crippen LogP contribution in [0.3, 0.4) is 0 Å². The van der Waals surface area contributed by atoms with Crippen LogP contribution in [0.1, 0.15) is 39.4 Å². The Kier molecular flexibility index (Phi) is 2.18. The van der Waals surface area contributed by atoms with Gasteiger partial charge in [0.05, 0.1) is 11.7 Å². The number of fused-ring (bicyclic) bond motifs is 1. The lowest BCUT2D eigenvalue weighted by atomic mass is 9.96. The molecule has 2 heterocycles. The first-order valence-electron chi connectivity index (χ1n) is 6.29. The Labute approximate surface area is 102 Å². The molecule has 1 saturated carbocycles. The van der Waals surface area contributed by atoms with E-state index in [1.165, 1.54) is 24.2 Å². The number of hydrogen-bond donors (Lipinski definition) is 1. The first kappa shape index (κ1) is 10.6. The third-order valence-corrected chi connectivity index (χ3v) is 3.15. The summed E-state index contributed by atoms with van der Waals surface area (Å²) < 4.78 is 2.25. The van der Waals surface area contributed by atoms with Gasteiger partial charge in [0.2, 0.25) is 0 Å². The van der Waals surface area contributed by atoms with Crippen molar-refractivity contribution in [2.24, 2.45) is 0 Å². The molecule has 1 fully saturated rings. The zero-order chi connectivity index (χ0) is 12.0. The summed E-state index contributed by atoms with van der Waals surface area (Å²) in [7, 11) is 0. The van der Waals surface area contributed by atoms with Gasteiger partial charge in [-0.2, -0.15) is 0 Å². The van der Waals surface area contributed by atoms with Gasteiger partial charge in [-0.3, -0.25) is 4.40 Å². The summed E-state index contributed by atoms with van der Waals surface area (Å²) in [6.07, 6.45) is 4.53. The normalized spacial score (nSPS) is 16.4. The molecule has 3 rings (SSSR count). The summed E-state index contributed by atoms with van der Waals surface area (Å²) >= 11 is 0. The van der Waals surface area contributed by atoms with Gasteiger partial charge in [0, 0.05) is 11.5 Å². The molecule has 0 aliphatic heterocycles. The predicted octanol–water partition coefficient (Wildman–Crippen LogP) is 3.21. The van der Waals surface area contributed by atoms with Gasteiger partial charge in [-0.05, 0) is 25.0 Å². The number of nitrogens with one attached hydrogen (secondary N) is 1. The van der Waals surface area contributed by atoms with Crippen molar-refractivity contribution < 1.29 is 0 Å². The fraction of sp³-hybridized carbons (Fsp3) is 0.500. The highest BCUT2D eigenvalue weighted by molar-refractivity contribution is 5.56. The summed E-state index contributed by atoms with van der Waals surface area (Å²) in [5.74, 6) is 2.30. The van der Waals surface area contributed by atoms with Gasteiger partial charge in [-0.1, -0.05) is 26.8 Å². The molecule has 0 spiro atoms. The first-order valence-corrected chi connectivity index (χ1v) is 6.29. The summed E-state index contributed by atoms with van der Waals surface area (Å²) in [4.78, 5) is 4.58. The van der Waals surface area contributed by atoms with Crippen LogP contribution in [0.4, 0.5) is 5.82 Å². The summed E-state index contributed by atoms with van der Waals surface area (Å²) in [5.41, 5.74) is 1.23. The molecule has 3 nitrogen and oxygen atoms in total. The van der Waals surface area contributed by atoms with Crippen LogP contribution in [-0.4, -0.2) is 15.4 Å². The number of pyridine rings is 1. The second-order valence-electron chi connectivity index (χ2n) is 5.92. The van der Waals surface area contributed by atoms with Crippen molar-refractivity contribution in [3.05, 3.63) is 30.2 Å². The Morgan fingerprint density at radius 1 is 1.29 bits per heavy atom. The summed E-state index contributed by atoms with van der Waals surface area (Å²) in [6, 6.07) is 7.01. The van der Waals surface area contributed by atoms with Crippen LogP contribution < -0.4 is 5.32 Å². The van der Waals surface area contributed by atoms with E-state index in [9.17, 15) is 0 Å². The average molecular weight is 229 g/mol. The SMILES string of the molecule is CC(C)(C)c1ncc2cccc(NC3CC3)n12. The lowest BCUT2D eigenvalue weighted by molar-refractivity contribution is 0.544. The van der Waals surface area contributed by atoms with Gasteiger partial charge in [0.1, 0.15) is 11.6 Å². The largest absolute Gasteiger partial charge is 0.368 e. The number of rotatable bonds is 2. The van der Waals surface area contributed by atoms with E-state index in [4.69, 9.17) is 0 Å². The van der Waals surface area contributed by atoms with Gasteiger partial charge in [0.15, 0.2) is 0 Å². The minimum absolute atomic E-state index is 0.0632. The number of aromatic nitrogens is 2. The molecule has 0 bridgehead atoms. The van der Waals surface area contributed by atoms with Crippen molar-refractivity contribution in [2.45, 2.75) is 45.1 Å². The van der Waals surface area contributed by atoms with E-state index < -0.39 is 0 Å². The fourth-order valence-corrected chi connectivity index (χ4v) is 2.13. The zero-order valence-corrected chi connectivity index (χ0v) is 10.7. The second-order valence-corrected chi connectivity index (χ2v) is 5.92. The summed E-state index contributed by atoms with van der Waals surface area (Å²) in [5, 5.41) is 3.58. The van der Waals surface area contributed by atoms with Crippen LogP contribution in [0.2, 0.25) is 0 Å². The third-order valence-electron chi connectivity index (χ3n) is 3.15. The molecule has 0 saturated heterocycles. The Hall–Kier alpha value is -1.51. The van der Waals surface area contributed by atoms with Crippen molar-refractivity contribution in [3.63, 3.8) is 0 Å². The van der Waals surface area contributed by atoms with E-state index in [0.29, 0.717) is 6.04 Å². The van der Waals surface area contributed by atoms with E-state index >= 15 is 0 Å². The molecule has 1 N–H and O–H groups in total. The molecule has 2 aromatic rings. The first-order chi connectivity index (χ1) is 8.05. The maximum Gasteiger partial charge on any atom is 0.120 e. The van der Waals surface area contributed by atoms with Gasteiger partial charge in [-0.15, -0.1) is 0 Å². The van der Waals surface area contributed by atoms with Crippen LogP contribution in [0, 0.1) is 0 Å². The number of imidazole rings is 1. The molecular weight excluding hydrogens is 210 g/mol. The van der Waals surface area contributed by atoms with E-state index in [0.717, 1.165) is 5.82 Å². The minimum atomic E-state index is 0.0632. The number of nitrogens with zero attached hydrogens (tertiary/aromatic N) is 2. The van der Waals surface area contributed by atoms with Gasteiger partial charge in [-0.25, -0.2) is 4.98 Å².